The summed E-state index contributed by atoms with van der Waals surface area (Å²) < 4.78 is 10.8. The predicted octanol–water partition coefficient (Wildman–Crippen LogP) is 3.24. The topological polar surface area (TPSA) is 61.3 Å². The van der Waals surface area contributed by atoms with E-state index in [4.69, 9.17) is 26.5 Å². The number of benzene rings is 1. The summed E-state index contributed by atoms with van der Waals surface area (Å²) in [6.07, 6.45) is 1.65. The molecule has 4 nitrogen and oxygen atoms in total. The van der Waals surface area contributed by atoms with E-state index in [1.54, 1.807) is 12.3 Å². The average molecular weight is 267 g/mol. The van der Waals surface area contributed by atoms with Gasteiger partial charge in [-0.2, -0.15) is 0 Å². The number of hydrogen-bond donors (Lipinski definition) is 1. The van der Waals surface area contributed by atoms with E-state index in [0.29, 0.717) is 22.4 Å². The first-order valence-corrected chi connectivity index (χ1v) is 6.09. The quantitative estimate of drug-likeness (QED) is 0.923. The predicted molar refractivity (Wildman–Crippen MR) is 70.6 cm³/mol. The molecule has 96 valence electrons. The second kappa shape index (κ2) is 5.42. The highest BCUT2D eigenvalue weighted by molar-refractivity contribution is 6.32. The molecule has 0 amide bonds. The first-order valence-electron chi connectivity index (χ1n) is 5.71. The van der Waals surface area contributed by atoms with Gasteiger partial charge in [0.25, 0.3) is 0 Å². The number of oxazole rings is 1. The van der Waals surface area contributed by atoms with Crippen molar-refractivity contribution in [2.24, 2.45) is 5.73 Å². The van der Waals surface area contributed by atoms with Crippen LogP contribution in [0.2, 0.25) is 5.02 Å². The molecule has 18 heavy (non-hydrogen) atoms. The number of nitrogens with zero attached hydrogens (tertiary/aromatic N) is 1. The molecule has 0 aliphatic carbocycles. The first-order chi connectivity index (χ1) is 8.60. The van der Waals surface area contributed by atoms with Gasteiger partial charge in [-0.25, -0.2) is 4.98 Å². The normalized spacial score (nSPS) is 10.9. The van der Waals surface area contributed by atoms with Crippen LogP contribution in [0.5, 0.6) is 5.75 Å². The van der Waals surface area contributed by atoms with Crippen LogP contribution in [0.3, 0.4) is 0 Å². The molecule has 0 saturated heterocycles. The van der Waals surface area contributed by atoms with Crippen molar-refractivity contribution in [3.05, 3.63) is 35.4 Å². The van der Waals surface area contributed by atoms with Crippen molar-refractivity contribution in [2.45, 2.75) is 26.5 Å². The first kappa shape index (κ1) is 12.9. The lowest BCUT2D eigenvalue weighted by Crippen LogP contribution is -2.05. The van der Waals surface area contributed by atoms with Crippen molar-refractivity contribution in [3.63, 3.8) is 0 Å². The number of ether oxygens (including phenoxy) is 1. The Morgan fingerprint density at radius 1 is 1.44 bits per heavy atom. The van der Waals surface area contributed by atoms with E-state index in [0.717, 1.165) is 5.56 Å². The lowest BCUT2D eigenvalue weighted by Gasteiger charge is -2.11. The number of rotatable bonds is 4. The molecule has 0 bridgehead atoms. The van der Waals surface area contributed by atoms with Crippen LogP contribution in [0, 0.1) is 0 Å². The molecule has 1 aromatic heterocycles. The van der Waals surface area contributed by atoms with Crippen LogP contribution in [0.4, 0.5) is 0 Å². The van der Waals surface area contributed by atoms with Gasteiger partial charge in [0, 0.05) is 5.56 Å². The number of aromatic nitrogens is 1. The Labute approximate surface area is 111 Å². The second-order valence-corrected chi connectivity index (χ2v) is 4.55. The molecule has 2 rings (SSSR count). The van der Waals surface area contributed by atoms with Crippen molar-refractivity contribution in [2.75, 3.05) is 0 Å². The molecule has 0 aliphatic rings. The van der Waals surface area contributed by atoms with Crippen LogP contribution < -0.4 is 10.5 Å². The summed E-state index contributed by atoms with van der Waals surface area (Å²) in [4.78, 5) is 4.24. The van der Waals surface area contributed by atoms with Crippen molar-refractivity contribution in [1.29, 1.82) is 0 Å². The van der Waals surface area contributed by atoms with Crippen LogP contribution in [0.25, 0.3) is 11.3 Å². The van der Waals surface area contributed by atoms with E-state index < -0.39 is 0 Å². The SMILES string of the molecule is CC(C)Oc1ccc(-c2coc(CN)n2)cc1Cl. The van der Waals surface area contributed by atoms with Crippen LogP contribution in [0.1, 0.15) is 19.7 Å². The minimum atomic E-state index is 0.0873. The van der Waals surface area contributed by atoms with E-state index in [9.17, 15) is 0 Å². The van der Waals surface area contributed by atoms with Gasteiger partial charge in [0.1, 0.15) is 17.7 Å². The fraction of sp³-hybridized carbons (Fsp3) is 0.308. The summed E-state index contributed by atoms with van der Waals surface area (Å²) in [6.45, 7) is 4.19. The maximum absolute atomic E-state index is 6.16. The molecule has 2 N–H and O–H groups in total. The Hall–Kier alpha value is -1.52. The lowest BCUT2D eigenvalue weighted by atomic mass is 10.1. The molecule has 0 spiro atoms. The summed E-state index contributed by atoms with van der Waals surface area (Å²) in [5.41, 5.74) is 7.04. The monoisotopic (exact) mass is 266 g/mol. The van der Waals surface area contributed by atoms with Gasteiger partial charge in [0.05, 0.1) is 17.7 Å². The average Bonchev–Trinajstić information content (AvgIpc) is 2.80. The zero-order chi connectivity index (χ0) is 13.1. The minimum Gasteiger partial charge on any atom is -0.489 e. The van der Waals surface area contributed by atoms with Crippen LogP contribution in [0.15, 0.2) is 28.9 Å². The van der Waals surface area contributed by atoms with Gasteiger partial charge in [-0.3, -0.25) is 0 Å². The van der Waals surface area contributed by atoms with Gasteiger partial charge in [-0.05, 0) is 32.0 Å². The molecule has 2 aromatic rings. The Morgan fingerprint density at radius 2 is 2.22 bits per heavy atom. The van der Waals surface area contributed by atoms with E-state index in [2.05, 4.69) is 4.98 Å². The largest absolute Gasteiger partial charge is 0.489 e. The van der Waals surface area contributed by atoms with E-state index in [-0.39, 0.29) is 12.6 Å². The van der Waals surface area contributed by atoms with Crippen LogP contribution in [-0.4, -0.2) is 11.1 Å². The Kier molecular flexibility index (Phi) is 3.89. The molecule has 1 heterocycles. The zero-order valence-electron chi connectivity index (χ0n) is 10.3. The third kappa shape index (κ3) is 2.83. The molecule has 0 unspecified atom stereocenters. The lowest BCUT2D eigenvalue weighted by molar-refractivity contribution is 0.242. The molecular formula is C13H15ClN2O2. The van der Waals surface area contributed by atoms with Crippen molar-refractivity contribution in [3.8, 4) is 17.0 Å². The van der Waals surface area contributed by atoms with Crippen LogP contribution >= 0.6 is 11.6 Å². The zero-order valence-corrected chi connectivity index (χ0v) is 11.1. The number of nitrogens with two attached hydrogens (primary N) is 1. The summed E-state index contributed by atoms with van der Waals surface area (Å²) in [5, 5.41) is 0.554. The van der Waals surface area contributed by atoms with Crippen molar-refractivity contribution < 1.29 is 9.15 Å². The van der Waals surface area contributed by atoms with Gasteiger partial charge in [-0.15, -0.1) is 0 Å². The second-order valence-electron chi connectivity index (χ2n) is 4.14. The third-order valence-corrected chi connectivity index (χ3v) is 2.61. The fourth-order valence-corrected chi connectivity index (χ4v) is 1.77. The molecule has 0 aliphatic heterocycles. The third-order valence-electron chi connectivity index (χ3n) is 2.32. The van der Waals surface area contributed by atoms with Gasteiger partial charge in [-0.1, -0.05) is 11.6 Å². The maximum atomic E-state index is 6.16. The number of hydrogen-bond acceptors (Lipinski definition) is 4. The van der Waals surface area contributed by atoms with Crippen molar-refractivity contribution in [1.82, 2.24) is 4.98 Å². The highest BCUT2D eigenvalue weighted by Gasteiger charge is 2.09. The molecular weight excluding hydrogens is 252 g/mol. The van der Waals surface area contributed by atoms with Gasteiger partial charge >= 0.3 is 0 Å². The molecule has 0 atom stereocenters. The van der Waals surface area contributed by atoms with Gasteiger partial charge < -0.3 is 14.9 Å². The van der Waals surface area contributed by atoms with Crippen molar-refractivity contribution >= 4 is 11.6 Å². The smallest absolute Gasteiger partial charge is 0.208 e. The standard InChI is InChI=1S/C13H15ClN2O2/c1-8(2)18-12-4-3-9(5-10(12)14)11-7-17-13(6-15)16-11/h3-5,7-8H,6,15H2,1-2H3. The number of halogens is 1. The van der Waals surface area contributed by atoms with E-state index >= 15 is 0 Å². The summed E-state index contributed by atoms with van der Waals surface area (Å²) in [5.74, 6) is 1.17. The fourth-order valence-electron chi connectivity index (χ4n) is 1.55. The summed E-state index contributed by atoms with van der Waals surface area (Å²) in [7, 11) is 0. The molecule has 0 fully saturated rings. The summed E-state index contributed by atoms with van der Waals surface area (Å²) >= 11 is 6.16. The van der Waals surface area contributed by atoms with Crippen LogP contribution in [-0.2, 0) is 6.54 Å². The highest BCUT2D eigenvalue weighted by Crippen LogP contribution is 2.30. The maximum Gasteiger partial charge on any atom is 0.208 e. The molecule has 0 radical (unpaired) electrons. The Morgan fingerprint density at radius 3 is 2.78 bits per heavy atom. The van der Waals surface area contributed by atoms with E-state index in [1.807, 2.05) is 26.0 Å². The highest BCUT2D eigenvalue weighted by atomic mass is 35.5. The minimum absolute atomic E-state index is 0.0873. The Bertz CT molecular complexity index is 538. The van der Waals surface area contributed by atoms with Gasteiger partial charge in [0.15, 0.2) is 0 Å². The molecule has 5 heteroatoms. The molecule has 1 aromatic carbocycles. The van der Waals surface area contributed by atoms with E-state index in [1.165, 1.54) is 0 Å². The summed E-state index contributed by atoms with van der Waals surface area (Å²) in [6, 6.07) is 5.52. The van der Waals surface area contributed by atoms with Gasteiger partial charge in [0.2, 0.25) is 5.89 Å². The molecule has 0 saturated carbocycles. The Balaban J connectivity index is 2.28.